The van der Waals surface area contributed by atoms with Gasteiger partial charge in [-0.15, -0.1) is 0 Å². The molecule has 1 N–H and O–H groups in total. The van der Waals surface area contributed by atoms with Crippen LogP contribution in [0.4, 0.5) is 0 Å². The molecule has 0 saturated heterocycles. The zero-order chi connectivity index (χ0) is 21.3. The second-order valence-corrected chi connectivity index (χ2v) is 7.49. The third kappa shape index (κ3) is 3.66. The second-order valence-electron chi connectivity index (χ2n) is 7.49. The highest BCUT2D eigenvalue weighted by Gasteiger charge is 2.15. The number of para-hydroxylation sites is 2. The van der Waals surface area contributed by atoms with Crippen molar-refractivity contribution in [3.8, 4) is 0 Å². The molecular weight excluding hydrogens is 378 g/mol. The van der Waals surface area contributed by atoms with Crippen molar-refractivity contribution < 1.29 is 4.79 Å². The summed E-state index contributed by atoms with van der Waals surface area (Å²) in [4.78, 5) is 25.1. The maximum Gasteiger partial charge on any atom is 0.329 e. The molecule has 0 unspecified atom stereocenters. The lowest BCUT2D eigenvalue weighted by molar-refractivity contribution is -0.121. The summed E-state index contributed by atoms with van der Waals surface area (Å²) < 4.78 is 5.02. The Morgan fingerprint density at radius 1 is 1.00 bits per heavy atom. The van der Waals surface area contributed by atoms with Crippen LogP contribution in [0.3, 0.4) is 0 Å². The highest BCUT2D eigenvalue weighted by Crippen LogP contribution is 2.15. The van der Waals surface area contributed by atoms with E-state index >= 15 is 0 Å². The standard InChI is InChI=1S/C23H25N5O2/c1-16-19(17(2)28(25-16)14-18-9-5-4-6-10-18)13-24-22(29)15-27-21-12-8-7-11-20(21)26(3)23(27)30/h4-12H,13-15H2,1-3H3,(H,24,29). The van der Waals surface area contributed by atoms with E-state index in [1.54, 1.807) is 11.6 Å². The number of hydrogen-bond donors (Lipinski definition) is 1. The molecule has 2 aromatic heterocycles. The molecule has 1 amide bonds. The normalized spacial score (nSPS) is 11.2. The zero-order valence-electron chi connectivity index (χ0n) is 17.4. The summed E-state index contributed by atoms with van der Waals surface area (Å²) in [5.74, 6) is -0.205. The third-order valence-electron chi connectivity index (χ3n) is 5.52. The van der Waals surface area contributed by atoms with Gasteiger partial charge in [0.05, 0.1) is 23.3 Å². The van der Waals surface area contributed by atoms with Crippen LogP contribution in [-0.2, 0) is 31.5 Å². The van der Waals surface area contributed by atoms with Crippen molar-refractivity contribution >= 4 is 16.9 Å². The van der Waals surface area contributed by atoms with Gasteiger partial charge in [-0.25, -0.2) is 4.79 Å². The Kier molecular flexibility index (Phi) is 5.27. The number of amides is 1. The first-order valence-electron chi connectivity index (χ1n) is 9.93. The van der Waals surface area contributed by atoms with Gasteiger partial charge in [-0.05, 0) is 31.5 Å². The molecule has 7 heteroatoms. The van der Waals surface area contributed by atoms with Gasteiger partial charge in [0.1, 0.15) is 6.54 Å². The molecular formula is C23H25N5O2. The van der Waals surface area contributed by atoms with Gasteiger partial charge in [-0.3, -0.25) is 18.6 Å². The second kappa shape index (κ2) is 8.02. The molecule has 0 aliphatic heterocycles. The SMILES string of the molecule is Cc1nn(Cc2ccccc2)c(C)c1CNC(=O)Cn1c(=O)n(C)c2ccccc21. The van der Waals surface area contributed by atoms with E-state index in [1.807, 2.05) is 61.0 Å². The van der Waals surface area contributed by atoms with Crippen LogP contribution in [0.15, 0.2) is 59.4 Å². The number of nitrogens with one attached hydrogen (secondary N) is 1. The van der Waals surface area contributed by atoms with Gasteiger partial charge in [0.15, 0.2) is 0 Å². The molecule has 2 aromatic carbocycles. The van der Waals surface area contributed by atoms with Crippen molar-refractivity contribution in [3.63, 3.8) is 0 Å². The van der Waals surface area contributed by atoms with E-state index in [4.69, 9.17) is 0 Å². The number of imidazole rings is 1. The molecule has 0 spiro atoms. The molecule has 7 nitrogen and oxygen atoms in total. The van der Waals surface area contributed by atoms with E-state index in [2.05, 4.69) is 22.5 Å². The Bertz CT molecular complexity index is 1260. The molecule has 0 aliphatic rings. The van der Waals surface area contributed by atoms with Crippen LogP contribution in [0.2, 0.25) is 0 Å². The van der Waals surface area contributed by atoms with Crippen LogP contribution in [-0.4, -0.2) is 24.8 Å². The predicted molar refractivity (Wildman–Crippen MR) is 116 cm³/mol. The molecule has 154 valence electrons. The summed E-state index contributed by atoms with van der Waals surface area (Å²) in [5, 5.41) is 7.58. The Labute approximate surface area is 174 Å². The number of hydrogen-bond acceptors (Lipinski definition) is 3. The summed E-state index contributed by atoms with van der Waals surface area (Å²) in [5.41, 5.74) is 5.46. The van der Waals surface area contributed by atoms with Gasteiger partial charge in [-0.1, -0.05) is 42.5 Å². The zero-order valence-corrected chi connectivity index (χ0v) is 17.4. The predicted octanol–water partition coefficient (Wildman–Crippen LogP) is 2.52. The fourth-order valence-electron chi connectivity index (χ4n) is 3.80. The Morgan fingerprint density at radius 2 is 1.67 bits per heavy atom. The summed E-state index contributed by atoms with van der Waals surface area (Å²) in [6, 6.07) is 17.6. The summed E-state index contributed by atoms with van der Waals surface area (Å²) in [7, 11) is 1.72. The first kappa shape index (κ1) is 19.7. The average Bonchev–Trinajstić information content (AvgIpc) is 3.15. The number of carbonyl (C=O) groups excluding carboxylic acids is 1. The molecule has 2 heterocycles. The Hall–Kier alpha value is -3.61. The fourth-order valence-corrected chi connectivity index (χ4v) is 3.80. The maximum atomic E-state index is 12.6. The fraction of sp³-hybridized carbons (Fsp3) is 0.261. The molecule has 0 fully saturated rings. The molecule has 0 aliphatic carbocycles. The lowest BCUT2D eigenvalue weighted by Gasteiger charge is -2.08. The summed E-state index contributed by atoms with van der Waals surface area (Å²) in [6.07, 6.45) is 0. The number of rotatable bonds is 6. The number of benzene rings is 2. The summed E-state index contributed by atoms with van der Waals surface area (Å²) in [6.45, 7) is 5.01. The first-order valence-corrected chi connectivity index (χ1v) is 9.93. The van der Waals surface area contributed by atoms with Crippen molar-refractivity contribution in [2.45, 2.75) is 33.5 Å². The van der Waals surface area contributed by atoms with E-state index in [0.29, 0.717) is 13.1 Å². The van der Waals surface area contributed by atoms with Crippen molar-refractivity contribution in [1.29, 1.82) is 0 Å². The number of aromatic nitrogens is 4. The minimum Gasteiger partial charge on any atom is -0.350 e. The first-order chi connectivity index (χ1) is 14.5. The highest BCUT2D eigenvalue weighted by atomic mass is 16.2. The maximum absolute atomic E-state index is 12.6. The smallest absolute Gasteiger partial charge is 0.329 e. The summed E-state index contributed by atoms with van der Waals surface area (Å²) >= 11 is 0. The van der Waals surface area contributed by atoms with Crippen LogP contribution in [0.1, 0.15) is 22.5 Å². The minimum atomic E-state index is -0.205. The number of fused-ring (bicyclic) bond motifs is 1. The van der Waals surface area contributed by atoms with Gasteiger partial charge in [-0.2, -0.15) is 5.10 Å². The quantitative estimate of drug-likeness (QED) is 0.538. The minimum absolute atomic E-state index is 0.0174. The van der Waals surface area contributed by atoms with E-state index < -0.39 is 0 Å². The molecule has 4 rings (SSSR count). The number of aryl methyl sites for hydroxylation is 2. The van der Waals surface area contributed by atoms with Gasteiger partial charge < -0.3 is 5.32 Å². The van der Waals surface area contributed by atoms with Crippen molar-refractivity contribution in [1.82, 2.24) is 24.2 Å². The van der Waals surface area contributed by atoms with Gasteiger partial charge >= 0.3 is 5.69 Å². The average molecular weight is 403 g/mol. The van der Waals surface area contributed by atoms with Crippen LogP contribution in [0.5, 0.6) is 0 Å². The highest BCUT2D eigenvalue weighted by molar-refractivity contribution is 5.80. The lowest BCUT2D eigenvalue weighted by Crippen LogP contribution is -2.32. The van der Waals surface area contributed by atoms with Gasteiger partial charge in [0.25, 0.3) is 0 Å². The van der Waals surface area contributed by atoms with E-state index in [1.165, 1.54) is 10.1 Å². The van der Waals surface area contributed by atoms with Crippen LogP contribution >= 0.6 is 0 Å². The lowest BCUT2D eigenvalue weighted by atomic mass is 10.2. The topological polar surface area (TPSA) is 73.8 Å². The van der Waals surface area contributed by atoms with Crippen molar-refractivity contribution in [2.75, 3.05) is 0 Å². The molecule has 0 saturated carbocycles. The molecule has 30 heavy (non-hydrogen) atoms. The third-order valence-corrected chi connectivity index (χ3v) is 5.52. The van der Waals surface area contributed by atoms with Crippen LogP contribution < -0.4 is 11.0 Å². The molecule has 0 atom stereocenters. The molecule has 0 bridgehead atoms. The van der Waals surface area contributed by atoms with E-state index in [0.717, 1.165) is 28.0 Å². The number of nitrogens with zero attached hydrogens (tertiary/aromatic N) is 4. The van der Waals surface area contributed by atoms with Crippen molar-refractivity contribution in [3.05, 3.63) is 87.6 Å². The van der Waals surface area contributed by atoms with Gasteiger partial charge in [0.2, 0.25) is 5.91 Å². The Balaban J connectivity index is 1.47. The monoisotopic (exact) mass is 403 g/mol. The van der Waals surface area contributed by atoms with Crippen LogP contribution in [0, 0.1) is 13.8 Å². The van der Waals surface area contributed by atoms with Gasteiger partial charge in [0, 0.05) is 24.8 Å². The molecule has 4 aromatic rings. The van der Waals surface area contributed by atoms with E-state index in [-0.39, 0.29) is 18.1 Å². The van der Waals surface area contributed by atoms with Crippen molar-refractivity contribution in [2.24, 2.45) is 7.05 Å². The molecule has 0 radical (unpaired) electrons. The van der Waals surface area contributed by atoms with E-state index in [9.17, 15) is 9.59 Å². The van der Waals surface area contributed by atoms with Crippen LogP contribution in [0.25, 0.3) is 11.0 Å². The number of carbonyl (C=O) groups is 1. The largest absolute Gasteiger partial charge is 0.350 e. The Morgan fingerprint density at radius 3 is 2.40 bits per heavy atom.